The minimum absolute atomic E-state index is 0.0482. The van der Waals surface area contributed by atoms with E-state index >= 15 is 0 Å². The molecule has 3 heterocycles. The number of fused-ring (bicyclic) bond motifs is 2. The summed E-state index contributed by atoms with van der Waals surface area (Å²) in [6.07, 6.45) is 2.21. The van der Waals surface area contributed by atoms with Crippen LogP contribution in [0, 0.1) is 4.77 Å². The molecule has 9 heteroatoms. The van der Waals surface area contributed by atoms with Gasteiger partial charge < -0.3 is 14.6 Å². The lowest BCUT2D eigenvalue weighted by Gasteiger charge is -2.18. The van der Waals surface area contributed by atoms with Crippen LogP contribution in [0.3, 0.4) is 0 Å². The van der Waals surface area contributed by atoms with Crippen LogP contribution in [0.4, 0.5) is 5.69 Å². The van der Waals surface area contributed by atoms with Crippen LogP contribution in [-0.4, -0.2) is 27.2 Å². The lowest BCUT2D eigenvalue weighted by molar-refractivity contribution is 0.174. The van der Waals surface area contributed by atoms with Crippen molar-refractivity contribution in [3.05, 3.63) is 68.7 Å². The van der Waals surface area contributed by atoms with Crippen LogP contribution in [0.2, 0.25) is 0 Å². The number of unbranched alkanes of at least 4 members (excludes halogenated alkanes) is 1. The number of H-pyrrole nitrogens is 1. The average molecular weight is 482 g/mol. The molecule has 170 valence electrons. The highest BCUT2D eigenvalue weighted by Gasteiger charge is 2.28. The van der Waals surface area contributed by atoms with Gasteiger partial charge in [0.2, 0.25) is 12.7 Å². The van der Waals surface area contributed by atoms with Crippen LogP contribution in [0.5, 0.6) is 17.4 Å². The fourth-order valence-electron chi connectivity index (χ4n) is 4.01. The highest BCUT2D eigenvalue weighted by molar-refractivity contribution is 7.99. The van der Waals surface area contributed by atoms with Gasteiger partial charge in [0.25, 0.3) is 5.56 Å². The van der Waals surface area contributed by atoms with Gasteiger partial charge in [0.05, 0.1) is 11.4 Å². The number of aromatic amines is 1. The zero-order valence-electron chi connectivity index (χ0n) is 18.0. The van der Waals surface area contributed by atoms with E-state index in [0.29, 0.717) is 24.4 Å². The summed E-state index contributed by atoms with van der Waals surface area (Å²) in [6.45, 7) is 2.79. The number of benzene rings is 2. The van der Waals surface area contributed by atoms with E-state index < -0.39 is 5.56 Å². The molecule has 33 heavy (non-hydrogen) atoms. The van der Waals surface area contributed by atoms with Gasteiger partial charge in [0.1, 0.15) is 5.56 Å². The smallest absolute Gasteiger partial charge is 0.264 e. The molecule has 0 fully saturated rings. The first-order chi connectivity index (χ1) is 16.0. The molecule has 2 N–H and O–H groups in total. The molecule has 1 atom stereocenters. The molecule has 0 radical (unpaired) electrons. The zero-order chi connectivity index (χ0) is 22.9. The molecule has 7 nitrogen and oxygen atoms in total. The fourth-order valence-corrected chi connectivity index (χ4v) is 5.50. The summed E-state index contributed by atoms with van der Waals surface area (Å²) >= 11 is 6.99. The maximum Gasteiger partial charge on any atom is 0.264 e. The third-order valence-corrected chi connectivity index (χ3v) is 7.38. The second-order valence-corrected chi connectivity index (χ2v) is 9.54. The highest BCUT2D eigenvalue weighted by atomic mass is 32.2. The Hall–Kier alpha value is -3.04. The van der Waals surface area contributed by atoms with Gasteiger partial charge in [-0.25, -0.2) is 0 Å². The van der Waals surface area contributed by atoms with E-state index in [9.17, 15) is 9.90 Å². The Morgan fingerprint density at radius 1 is 1.24 bits per heavy atom. The summed E-state index contributed by atoms with van der Waals surface area (Å²) < 4.78 is 12.8. The van der Waals surface area contributed by atoms with Gasteiger partial charge in [-0.15, -0.1) is 11.8 Å². The lowest BCUT2D eigenvalue weighted by atomic mass is 10.0. The van der Waals surface area contributed by atoms with E-state index in [0.717, 1.165) is 34.7 Å². The molecule has 2 aromatic carbocycles. The Morgan fingerprint density at radius 2 is 2.06 bits per heavy atom. The number of nitrogens with one attached hydrogen (secondary N) is 1. The van der Waals surface area contributed by atoms with Gasteiger partial charge in [-0.1, -0.05) is 31.5 Å². The van der Waals surface area contributed by atoms with Crippen LogP contribution in [-0.2, 0) is 6.54 Å². The van der Waals surface area contributed by atoms with Crippen molar-refractivity contribution in [3.8, 4) is 17.4 Å². The number of para-hydroxylation sites is 1. The summed E-state index contributed by atoms with van der Waals surface area (Å²) in [4.78, 5) is 21.6. The first-order valence-electron chi connectivity index (χ1n) is 10.8. The van der Waals surface area contributed by atoms with Crippen molar-refractivity contribution in [1.29, 1.82) is 0 Å². The van der Waals surface area contributed by atoms with Crippen molar-refractivity contribution in [1.82, 2.24) is 9.55 Å². The molecule has 0 saturated heterocycles. The topological polar surface area (TPSA) is 88.8 Å². The molecule has 5 rings (SSSR count). The van der Waals surface area contributed by atoms with Crippen LogP contribution in [0.1, 0.15) is 42.6 Å². The van der Waals surface area contributed by atoms with Gasteiger partial charge in [-0.3, -0.25) is 19.3 Å². The van der Waals surface area contributed by atoms with E-state index in [2.05, 4.69) is 11.9 Å². The van der Waals surface area contributed by atoms with Crippen molar-refractivity contribution in [3.63, 3.8) is 0 Å². The largest absolute Gasteiger partial charge is 0.494 e. The Morgan fingerprint density at radius 3 is 2.91 bits per heavy atom. The van der Waals surface area contributed by atoms with Crippen LogP contribution in [0.25, 0.3) is 0 Å². The van der Waals surface area contributed by atoms with Gasteiger partial charge in [-0.2, -0.15) is 0 Å². The predicted octanol–water partition coefficient (Wildman–Crippen LogP) is 5.50. The number of ether oxygens (including phenoxy) is 2. The quantitative estimate of drug-likeness (QED) is 0.468. The first kappa shape index (κ1) is 21.8. The fraction of sp³-hybridized carbons (Fsp3) is 0.292. The minimum Gasteiger partial charge on any atom is -0.494 e. The maximum atomic E-state index is 13.0. The number of aromatic nitrogens is 2. The molecule has 0 aliphatic carbocycles. The second-order valence-electron chi connectivity index (χ2n) is 7.91. The summed E-state index contributed by atoms with van der Waals surface area (Å²) in [5.41, 5.74) is 2.06. The predicted molar refractivity (Wildman–Crippen MR) is 131 cm³/mol. The average Bonchev–Trinajstić information content (AvgIpc) is 3.18. The van der Waals surface area contributed by atoms with Gasteiger partial charge in [0.15, 0.2) is 16.3 Å². The van der Waals surface area contributed by atoms with Gasteiger partial charge in [-0.05, 0) is 48.5 Å². The molecule has 1 aromatic heterocycles. The number of hydrogen-bond acceptors (Lipinski definition) is 7. The SMILES string of the molecule is CCCCn1c(O)c(C2=Nc3ccccc3S[C@@H](c3ccc4c(c3)OCO4)C2)c(=O)[nH]c1=S. The number of rotatable bonds is 5. The monoisotopic (exact) mass is 481 g/mol. The van der Waals surface area contributed by atoms with Crippen molar-refractivity contribution < 1.29 is 14.6 Å². The van der Waals surface area contributed by atoms with Crippen LogP contribution < -0.4 is 15.0 Å². The second kappa shape index (κ2) is 9.07. The standard InChI is InChI=1S/C24H23N3O4S2/c1-2-3-10-27-23(29)21(22(28)26-24(27)32)16-12-20(33-19-7-5-4-6-15(19)25-16)14-8-9-17-18(11-14)31-13-30-17/h4-9,11,20,29H,2-3,10,12-13H2,1H3,(H,26,28,32)/t20-/m1/s1. The molecule has 0 bridgehead atoms. The number of aliphatic imine (C=N–C) groups is 1. The Balaban J connectivity index is 1.63. The lowest BCUT2D eigenvalue weighted by Crippen LogP contribution is -2.24. The molecule has 2 aliphatic heterocycles. The summed E-state index contributed by atoms with van der Waals surface area (Å²) in [5, 5.41) is 11.1. The highest BCUT2D eigenvalue weighted by Crippen LogP contribution is 2.47. The van der Waals surface area contributed by atoms with E-state index in [1.54, 1.807) is 16.3 Å². The number of nitrogens with zero attached hydrogens (tertiary/aromatic N) is 2. The number of thioether (sulfide) groups is 1. The maximum absolute atomic E-state index is 13.0. The Bertz CT molecular complexity index is 1360. The van der Waals surface area contributed by atoms with Crippen molar-refractivity contribution >= 4 is 35.4 Å². The molecule has 3 aromatic rings. The third kappa shape index (κ3) is 4.18. The number of aromatic hydroxyl groups is 1. The van der Waals surface area contributed by atoms with E-state index in [4.69, 9.17) is 26.7 Å². The van der Waals surface area contributed by atoms with Crippen molar-refractivity contribution in [2.75, 3.05) is 6.79 Å². The van der Waals surface area contributed by atoms with E-state index in [1.165, 1.54) is 0 Å². The summed E-state index contributed by atoms with van der Waals surface area (Å²) in [6, 6.07) is 13.7. The van der Waals surface area contributed by atoms with E-state index in [1.807, 2.05) is 42.5 Å². The van der Waals surface area contributed by atoms with Crippen LogP contribution in [0.15, 0.2) is 57.1 Å². The van der Waals surface area contributed by atoms with E-state index in [-0.39, 0.29) is 28.3 Å². The van der Waals surface area contributed by atoms with Gasteiger partial charge in [0, 0.05) is 23.1 Å². The molecular formula is C24H23N3O4S2. The molecule has 0 unspecified atom stereocenters. The normalized spacial score (nSPS) is 16.8. The first-order valence-corrected chi connectivity index (χ1v) is 12.1. The van der Waals surface area contributed by atoms with Crippen LogP contribution >= 0.6 is 24.0 Å². The Labute approximate surface area is 200 Å². The van der Waals surface area contributed by atoms with Crippen molar-refractivity contribution in [2.45, 2.75) is 42.9 Å². The summed E-state index contributed by atoms with van der Waals surface area (Å²) in [5.74, 6) is 1.29. The summed E-state index contributed by atoms with van der Waals surface area (Å²) in [7, 11) is 0. The van der Waals surface area contributed by atoms with Gasteiger partial charge >= 0.3 is 0 Å². The minimum atomic E-state index is -0.433. The molecule has 0 spiro atoms. The molecule has 0 saturated carbocycles. The molecule has 0 amide bonds. The Kier molecular flexibility index (Phi) is 5.99. The zero-order valence-corrected chi connectivity index (χ0v) is 19.7. The van der Waals surface area contributed by atoms with Crippen molar-refractivity contribution in [2.24, 2.45) is 4.99 Å². The number of hydrogen-bond donors (Lipinski definition) is 2. The molecule has 2 aliphatic rings. The third-order valence-electron chi connectivity index (χ3n) is 5.73. The molecular weight excluding hydrogens is 458 g/mol.